The lowest BCUT2D eigenvalue weighted by molar-refractivity contribution is 0.0858. The smallest absolute Gasteiger partial charge is 0.251 e. The van der Waals surface area contributed by atoms with Gasteiger partial charge in [-0.1, -0.05) is 36.4 Å². The molecule has 1 amide bonds. The van der Waals surface area contributed by atoms with Gasteiger partial charge in [0.2, 0.25) is 0 Å². The number of benzene rings is 2. The molecule has 2 aromatic heterocycles. The molecule has 1 aliphatic carbocycles. The fraction of sp³-hybridized carbons (Fsp3) is 0.130. The van der Waals surface area contributed by atoms with Crippen molar-refractivity contribution < 1.29 is 9.90 Å². The van der Waals surface area contributed by atoms with E-state index < -0.39 is 6.10 Å². The van der Waals surface area contributed by atoms with Crippen LogP contribution in [0.2, 0.25) is 0 Å². The number of carbonyl (C=O) groups excluding carboxylic acids is 1. The number of amides is 1. The number of aromatic amines is 1. The third-order valence-corrected chi connectivity index (χ3v) is 5.41. The lowest BCUT2D eigenvalue weighted by Crippen LogP contribution is -2.33. The van der Waals surface area contributed by atoms with Gasteiger partial charge in [0, 0.05) is 29.8 Å². The molecular formula is C23H19N3O2. The van der Waals surface area contributed by atoms with E-state index in [0.29, 0.717) is 12.0 Å². The van der Waals surface area contributed by atoms with Gasteiger partial charge in [-0.2, -0.15) is 0 Å². The topological polar surface area (TPSA) is 78.0 Å². The highest BCUT2D eigenvalue weighted by Crippen LogP contribution is 2.32. The Morgan fingerprint density at radius 3 is 2.75 bits per heavy atom. The van der Waals surface area contributed by atoms with Gasteiger partial charge >= 0.3 is 0 Å². The first-order valence-electron chi connectivity index (χ1n) is 9.30. The van der Waals surface area contributed by atoms with Crippen molar-refractivity contribution in [1.29, 1.82) is 0 Å². The second-order valence-corrected chi connectivity index (χ2v) is 7.10. The van der Waals surface area contributed by atoms with Gasteiger partial charge in [-0.25, -0.2) is 4.98 Å². The van der Waals surface area contributed by atoms with Crippen LogP contribution in [0.1, 0.15) is 27.5 Å². The maximum Gasteiger partial charge on any atom is 0.251 e. The molecule has 2 heterocycles. The third kappa shape index (κ3) is 2.77. The number of aliphatic hydroxyl groups excluding tert-OH is 1. The second-order valence-electron chi connectivity index (χ2n) is 7.10. The summed E-state index contributed by atoms with van der Waals surface area (Å²) in [6.07, 6.45) is 3.61. The monoisotopic (exact) mass is 369 g/mol. The largest absolute Gasteiger partial charge is 0.390 e. The number of nitrogens with zero attached hydrogens (tertiary/aromatic N) is 1. The average molecular weight is 369 g/mol. The predicted octanol–water partition coefficient (Wildman–Crippen LogP) is 3.62. The summed E-state index contributed by atoms with van der Waals surface area (Å²) >= 11 is 0. The van der Waals surface area contributed by atoms with Crippen molar-refractivity contribution in [3.8, 4) is 11.1 Å². The molecule has 2 aromatic carbocycles. The van der Waals surface area contributed by atoms with Crippen molar-refractivity contribution in [3.05, 3.63) is 89.7 Å². The van der Waals surface area contributed by atoms with E-state index in [-0.39, 0.29) is 11.9 Å². The normalized spacial score (nSPS) is 18.2. The fourth-order valence-corrected chi connectivity index (χ4v) is 3.99. The first-order valence-corrected chi connectivity index (χ1v) is 9.30. The van der Waals surface area contributed by atoms with Crippen molar-refractivity contribution in [2.24, 2.45) is 0 Å². The summed E-state index contributed by atoms with van der Waals surface area (Å²) in [5.74, 6) is -0.186. The van der Waals surface area contributed by atoms with Gasteiger partial charge in [-0.05, 0) is 46.5 Å². The van der Waals surface area contributed by atoms with Crippen molar-refractivity contribution in [2.45, 2.75) is 18.6 Å². The van der Waals surface area contributed by atoms with Gasteiger partial charge < -0.3 is 15.4 Å². The Morgan fingerprint density at radius 2 is 1.89 bits per heavy atom. The molecule has 0 spiro atoms. The Hall–Kier alpha value is -3.44. The van der Waals surface area contributed by atoms with Crippen LogP contribution in [0.25, 0.3) is 22.2 Å². The highest BCUT2D eigenvalue weighted by Gasteiger charge is 2.32. The number of hydrogen-bond donors (Lipinski definition) is 3. The van der Waals surface area contributed by atoms with Gasteiger partial charge in [-0.15, -0.1) is 0 Å². The zero-order valence-electron chi connectivity index (χ0n) is 15.1. The fourth-order valence-electron chi connectivity index (χ4n) is 3.99. The number of H-pyrrole nitrogens is 1. The number of pyridine rings is 1. The zero-order chi connectivity index (χ0) is 19.1. The molecule has 0 unspecified atom stereocenters. The summed E-state index contributed by atoms with van der Waals surface area (Å²) in [5, 5.41) is 14.4. The molecular weight excluding hydrogens is 350 g/mol. The molecule has 28 heavy (non-hydrogen) atoms. The summed E-state index contributed by atoms with van der Waals surface area (Å²) < 4.78 is 0. The van der Waals surface area contributed by atoms with E-state index in [4.69, 9.17) is 0 Å². The number of rotatable bonds is 3. The predicted molar refractivity (Wildman–Crippen MR) is 108 cm³/mol. The Bertz CT molecular complexity index is 1160. The minimum absolute atomic E-state index is 0.186. The van der Waals surface area contributed by atoms with Crippen LogP contribution in [-0.2, 0) is 6.42 Å². The summed E-state index contributed by atoms with van der Waals surface area (Å²) in [5.41, 5.74) is 5.58. The lowest BCUT2D eigenvalue weighted by atomic mass is 10.0. The van der Waals surface area contributed by atoms with E-state index in [1.165, 1.54) is 0 Å². The number of aliphatic hydroxyl groups is 1. The van der Waals surface area contributed by atoms with E-state index in [9.17, 15) is 9.90 Å². The van der Waals surface area contributed by atoms with Crippen molar-refractivity contribution >= 4 is 16.9 Å². The molecule has 2 atom stereocenters. The van der Waals surface area contributed by atoms with Crippen molar-refractivity contribution in [2.75, 3.05) is 0 Å². The first-order chi connectivity index (χ1) is 13.7. The molecule has 0 saturated carbocycles. The van der Waals surface area contributed by atoms with Gasteiger partial charge in [0.25, 0.3) is 5.91 Å². The highest BCUT2D eigenvalue weighted by atomic mass is 16.3. The Balaban J connectivity index is 1.39. The quantitative estimate of drug-likeness (QED) is 0.516. The maximum absolute atomic E-state index is 12.7. The van der Waals surface area contributed by atoms with Gasteiger partial charge in [0.05, 0.1) is 12.1 Å². The van der Waals surface area contributed by atoms with Crippen LogP contribution in [0.15, 0.2) is 73.1 Å². The molecule has 4 aromatic rings. The Morgan fingerprint density at radius 1 is 1.07 bits per heavy atom. The molecule has 0 radical (unpaired) electrons. The molecule has 0 saturated heterocycles. The van der Waals surface area contributed by atoms with E-state index in [0.717, 1.165) is 33.3 Å². The van der Waals surface area contributed by atoms with Crippen LogP contribution in [0, 0.1) is 0 Å². The summed E-state index contributed by atoms with van der Waals surface area (Å²) in [6, 6.07) is 19.0. The molecule has 0 fully saturated rings. The molecule has 5 nitrogen and oxygen atoms in total. The molecule has 0 aliphatic heterocycles. The zero-order valence-corrected chi connectivity index (χ0v) is 15.1. The summed E-state index contributed by atoms with van der Waals surface area (Å²) in [7, 11) is 0. The molecule has 138 valence electrons. The van der Waals surface area contributed by atoms with E-state index >= 15 is 0 Å². The minimum Gasteiger partial charge on any atom is -0.390 e. The third-order valence-electron chi connectivity index (χ3n) is 5.41. The van der Waals surface area contributed by atoms with E-state index in [1.807, 2.05) is 66.9 Å². The molecule has 1 aliphatic rings. The van der Waals surface area contributed by atoms with E-state index in [1.54, 1.807) is 6.20 Å². The Kier molecular flexibility index (Phi) is 3.95. The van der Waals surface area contributed by atoms with E-state index in [2.05, 4.69) is 15.3 Å². The molecule has 3 N–H and O–H groups in total. The first kappa shape index (κ1) is 16.7. The standard InChI is InChI=1S/C23H19N3O2/c27-20-13-16-3-1-2-4-18(16)21(20)26-23(28)15-7-5-14(6-8-15)17-9-11-24-22-19(17)10-12-25-22/h1-12,20-21,27H,13H2,(H,24,25)(H,26,28)/t20-,21+/m0/s1. The van der Waals surface area contributed by atoms with Crippen LogP contribution >= 0.6 is 0 Å². The van der Waals surface area contributed by atoms with Gasteiger partial charge in [0.1, 0.15) is 5.65 Å². The minimum atomic E-state index is -0.598. The van der Waals surface area contributed by atoms with Crippen molar-refractivity contribution in [3.63, 3.8) is 0 Å². The molecule has 5 rings (SSSR count). The van der Waals surface area contributed by atoms with Crippen LogP contribution in [-0.4, -0.2) is 27.1 Å². The number of hydrogen-bond acceptors (Lipinski definition) is 3. The average Bonchev–Trinajstić information content (AvgIpc) is 3.32. The van der Waals surface area contributed by atoms with Gasteiger partial charge in [0.15, 0.2) is 0 Å². The van der Waals surface area contributed by atoms with Crippen LogP contribution in [0.4, 0.5) is 0 Å². The van der Waals surface area contributed by atoms with Crippen LogP contribution in [0.3, 0.4) is 0 Å². The number of aromatic nitrogens is 2. The summed E-state index contributed by atoms with van der Waals surface area (Å²) in [4.78, 5) is 20.2. The highest BCUT2D eigenvalue weighted by molar-refractivity contribution is 5.97. The number of carbonyl (C=O) groups is 1. The van der Waals surface area contributed by atoms with Crippen molar-refractivity contribution in [1.82, 2.24) is 15.3 Å². The van der Waals surface area contributed by atoms with Crippen LogP contribution in [0.5, 0.6) is 0 Å². The summed E-state index contributed by atoms with van der Waals surface area (Å²) in [6.45, 7) is 0. The Labute approximate surface area is 162 Å². The SMILES string of the molecule is O=C(N[C@@H]1c2ccccc2C[C@@H]1O)c1ccc(-c2ccnc3[nH]ccc23)cc1. The number of fused-ring (bicyclic) bond motifs is 2. The lowest BCUT2D eigenvalue weighted by Gasteiger charge is -2.18. The molecule has 5 heteroatoms. The van der Waals surface area contributed by atoms with Crippen LogP contribution < -0.4 is 5.32 Å². The second kappa shape index (κ2) is 6.62. The molecule has 0 bridgehead atoms. The number of nitrogens with one attached hydrogen (secondary N) is 2. The van der Waals surface area contributed by atoms with Gasteiger partial charge in [-0.3, -0.25) is 4.79 Å². The maximum atomic E-state index is 12.7.